The molecule has 0 amide bonds. The highest BCUT2D eigenvalue weighted by atomic mass is 33.1. The van der Waals surface area contributed by atoms with Crippen molar-refractivity contribution in [2.24, 2.45) is 5.92 Å². The predicted octanol–water partition coefficient (Wildman–Crippen LogP) is 8.24. The number of carbonyl (C=O) groups is 2. The van der Waals surface area contributed by atoms with E-state index in [2.05, 4.69) is 22.8 Å². The summed E-state index contributed by atoms with van der Waals surface area (Å²) in [6.45, 7) is 1.48. The Balaban J connectivity index is 1.43. The molecule has 2 bridgehead atoms. The molecule has 276 valence electrons. The molecular formula is C41H48N2O7S2. The molecule has 0 radical (unpaired) electrons. The number of anilines is 1. The van der Waals surface area contributed by atoms with Crippen molar-refractivity contribution in [2.45, 2.75) is 76.1 Å². The summed E-state index contributed by atoms with van der Waals surface area (Å²) < 4.78 is 12.8. The van der Waals surface area contributed by atoms with E-state index in [1.54, 1.807) is 19.2 Å². The van der Waals surface area contributed by atoms with Gasteiger partial charge in [-0.25, -0.2) is 0 Å². The lowest BCUT2D eigenvalue weighted by Gasteiger charge is -2.32. The van der Waals surface area contributed by atoms with Gasteiger partial charge in [-0.15, -0.1) is 0 Å². The van der Waals surface area contributed by atoms with Crippen LogP contribution in [0, 0.1) is 5.92 Å². The summed E-state index contributed by atoms with van der Waals surface area (Å²) in [5.74, 6) is 1.74. The number of phenols is 2. The van der Waals surface area contributed by atoms with Crippen LogP contribution < -0.4 is 15.4 Å². The number of hydrogen-bond acceptors (Lipinski definition) is 11. The summed E-state index contributed by atoms with van der Waals surface area (Å²) in [5.41, 5.74) is 5.88. The van der Waals surface area contributed by atoms with Crippen molar-refractivity contribution in [1.29, 1.82) is 0 Å². The number of aryl methyl sites for hydroxylation is 1. The molecule has 4 aromatic rings. The number of aromatic hydroxyl groups is 2. The Labute approximate surface area is 313 Å². The fourth-order valence-electron chi connectivity index (χ4n) is 7.59. The standard InChI is InChI=1S/C41H48N2O7S2/c1-24(45)22-43-34-15-9-28(19-29(34)23-44)41(42-2)50-36-21-31(47)13-7-27-10-16-35(48)40(49-3)38(27)32-14-8-25-6-12-30(46)20-33(25)39(32)37-17-11-26(36)5-4-18-51-52-37/h6,8-10,12,14-16,19-20,26,36-37,41-44,46,48H,4-5,7,11,13,17-18,21-23H2,1-3H3. The van der Waals surface area contributed by atoms with Gasteiger partial charge in [0.25, 0.3) is 0 Å². The van der Waals surface area contributed by atoms with E-state index in [0.29, 0.717) is 29.8 Å². The minimum atomic E-state index is -0.534. The van der Waals surface area contributed by atoms with E-state index in [9.17, 15) is 24.9 Å². The van der Waals surface area contributed by atoms with Gasteiger partial charge in [-0.05, 0) is 115 Å². The maximum absolute atomic E-state index is 14.0. The second-order valence-electron chi connectivity index (χ2n) is 13.7. The molecule has 4 unspecified atom stereocenters. The highest BCUT2D eigenvalue weighted by Gasteiger charge is 2.33. The van der Waals surface area contributed by atoms with Gasteiger partial charge in [-0.3, -0.25) is 14.9 Å². The molecule has 4 atom stereocenters. The molecular weight excluding hydrogens is 697 g/mol. The molecule has 6 rings (SSSR count). The second kappa shape index (κ2) is 17.4. The summed E-state index contributed by atoms with van der Waals surface area (Å²) in [5, 5.41) is 40.3. The van der Waals surface area contributed by atoms with E-state index in [1.165, 1.54) is 6.92 Å². The summed E-state index contributed by atoms with van der Waals surface area (Å²) in [7, 11) is 7.09. The Kier molecular flexibility index (Phi) is 12.7. The molecule has 9 nitrogen and oxygen atoms in total. The van der Waals surface area contributed by atoms with Crippen molar-refractivity contribution in [3.8, 4) is 28.4 Å². The smallest absolute Gasteiger partial charge is 0.168 e. The second-order valence-corrected chi connectivity index (χ2v) is 16.4. The van der Waals surface area contributed by atoms with Gasteiger partial charge in [0.2, 0.25) is 0 Å². The SMILES string of the molecule is CNC(OC1CC(=O)CCc2ccc(O)c(OC)c2-c2ccc3ccc(O)cc3c2C2CCC1CCCSS2)c1ccc(NCC(C)=O)c(CO)c1. The molecule has 52 heavy (non-hydrogen) atoms. The molecule has 1 aliphatic heterocycles. The molecule has 0 aromatic heterocycles. The summed E-state index contributed by atoms with van der Waals surface area (Å²) in [6.07, 6.45) is 3.63. The first-order valence-electron chi connectivity index (χ1n) is 17.9. The molecule has 11 heteroatoms. The molecule has 1 saturated heterocycles. The normalized spacial score (nSPS) is 20.2. The molecule has 1 fully saturated rings. The number of phenolic OH excluding ortho intramolecular Hbond substituents is 2. The minimum absolute atomic E-state index is 0.00286. The molecule has 5 N–H and O–H groups in total. The largest absolute Gasteiger partial charge is 0.508 e. The van der Waals surface area contributed by atoms with Crippen molar-refractivity contribution in [3.63, 3.8) is 0 Å². The van der Waals surface area contributed by atoms with Gasteiger partial charge in [0.15, 0.2) is 11.5 Å². The molecule has 4 aromatic carbocycles. The van der Waals surface area contributed by atoms with E-state index in [1.807, 2.05) is 65.0 Å². The lowest BCUT2D eigenvalue weighted by molar-refractivity contribution is -0.126. The number of hydrogen-bond donors (Lipinski definition) is 5. The van der Waals surface area contributed by atoms with Crippen molar-refractivity contribution in [1.82, 2.24) is 5.32 Å². The van der Waals surface area contributed by atoms with Crippen LogP contribution in [-0.2, 0) is 27.4 Å². The lowest BCUT2D eigenvalue weighted by Crippen LogP contribution is -2.33. The van der Waals surface area contributed by atoms with Gasteiger partial charge in [0, 0.05) is 40.7 Å². The Morgan fingerprint density at radius 1 is 1.02 bits per heavy atom. The van der Waals surface area contributed by atoms with Crippen LogP contribution in [0.4, 0.5) is 5.69 Å². The fraction of sp³-hybridized carbons (Fsp3) is 0.415. The number of carbonyl (C=O) groups excluding carboxylic acids is 2. The third-order valence-corrected chi connectivity index (χ3v) is 13.1. The quantitative estimate of drug-likeness (QED) is 0.0837. The van der Waals surface area contributed by atoms with Crippen LogP contribution in [0.15, 0.2) is 60.7 Å². The van der Waals surface area contributed by atoms with Gasteiger partial charge in [-0.2, -0.15) is 0 Å². The number of aliphatic hydroxyl groups excluding tert-OH is 1. The van der Waals surface area contributed by atoms with E-state index in [-0.39, 0.29) is 59.9 Å². The topological polar surface area (TPSA) is 137 Å². The van der Waals surface area contributed by atoms with Gasteiger partial charge >= 0.3 is 0 Å². The Morgan fingerprint density at radius 3 is 2.62 bits per heavy atom. The number of fused-ring (bicyclic) bond motifs is 9. The number of rotatable bonds is 9. The van der Waals surface area contributed by atoms with Crippen molar-refractivity contribution < 1.29 is 34.4 Å². The van der Waals surface area contributed by atoms with Crippen LogP contribution in [-0.4, -0.2) is 59.4 Å². The Morgan fingerprint density at radius 2 is 1.85 bits per heavy atom. The average Bonchev–Trinajstić information content (AvgIpc) is 3.26. The van der Waals surface area contributed by atoms with Crippen LogP contribution in [0.2, 0.25) is 0 Å². The van der Waals surface area contributed by atoms with Crippen molar-refractivity contribution in [2.75, 3.05) is 31.8 Å². The zero-order valence-electron chi connectivity index (χ0n) is 29.9. The van der Waals surface area contributed by atoms with Gasteiger partial charge < -0.3 is 30.1 Å². The first kappa shape index (κ1) is 38.0. The maximum Gasteiger partial charge on any atom is 0.168 e. The van der Waals surface area contributed by atoms with Crippen molar-refractivity contribution in [3.05, 3.63) is 82.9 Å². The Hall–Kier alpha value is -3.74. The molecule has 0 spiro atoms. The first-order chi connectivity index (χ1) is 25.2. The van der Waals surface area contributed by atoms with Crippen LogP contribution in [0.5, 0.6) is 17.2 Å². The zero-order valence-corrected chi connectivity index (χ0v) is 31.6. The number of ether oxygens (including phenoxy) is 2. The van der Waals surface area contributed by atoms with Crippen LogP contribution in [0.3, 0.4) is 0 Å². The van der Waals surface area contributed by atoms with E-state index in [0.717, 1.165) is 70.0 Å². The molecule has 0 saturated carbocycles. The number of aliphatic hydroxyl groups is 1. The molecule has 1 aliphatic carbocycles. The van der Waals surface area contributed by atoms with Crippen LogP contribution in [0.1, 0.15) is 79.2 Å². The van der Waals surface area contributed by atoms with Crippen LogP contribution in [0.25, 0.3) is 21.9 Å². The number of ketones is 2. The summed E-state index contributed by atoms with van der Waals surface area (Å²) in [4.78, 5) is 25.6. The van der Waals surface area contributed by atoms with Gasteiger partial charge in [-0.1, -0.05) is 51.9 Å². The van der Waals surface area contributed by atoms with Crippen LogP contribution >= 0.6 is 21.6 Å². The van der Waals surface area contributed by atoms with E-state index in [4.69, 9.17) is 9.47 Å². The highest BCUT2D eigenvalue weighted by Crippen LogP contribution is 2.52. The monoisotopic (exact) mass is 744 g/mol. The number of Topliss-reactive ketones (excluding diaryl/α,β-unsaturated/α-hetero) is 2. The first-order valence-corrected chi connectivity index (χ1v) is 20.3. The van der Waals surface area contributed by atoms with Crippen molar-refractivity contribution >= 4 is 49.6 Å². The number of benzene rings is 4. The van der Waals surface area contributed by atoms with E-state index >= 15 is 0 Å². The fourth-order valence-corrected chi connectivity index (χ4v) is 10.4. The third-order valence-electron chi connectivity index (χ3n) is 10.2. The molecule has 2 aliphatic rings. The molecule has 1 heterocycles. The zero-order chi connectivity index (χ0) is 36.8. The van der Waals surface area contributed by atoms with Gasteiger partial charge in [0.05, 0.1) is 26.4 Å². The predicted molar refractivity (Wildman–Crippen MR) is 210 cm³/mol. The summed E-state index contributed by atoms with van der Waals surface area (Å²) >= 11 is 0. The van der Waals surface area contributed by atoms with E-state index < -0.39 is 6.23 Å². The maximum atomic E-state index is 14.0. The average molecular weight is 745 g/mol. The van der Waals surface area contributed by atoms with Gasteiger partial charge in [0.1, 0.15) is 23.5 Å². The number of methoxy groups -OCH3 is 1. The Bertz CT molecular complexity index is 1920. The summed E-state index contributed by atoms with van der Waals surface area (Å²) in [6, 6.07) is 18.8. The number of nitrogens with one attached hydrogen (secondary N) is 2. The highest BCUT2D eigenvalue weighted by molar-refractivity contribution is 8.76. The third kappa shape index (κ3) is 8.55. The minimum Gasteiger partial charge on any atom is -0.508 e. The lowest BCUT2D eigenvalue weighted by atomic mass is 9.85.